The fraction of sp³-hybridized carbons (Fsp3) is 0.267. The largest absolute Gasteiger partial charge is 0.504 e. The zero-order valence-electron chi connectivity index (χ0n) is 11.4. The molecule has 0 radical (unpaired) electrons. The molecule has 1 aromatic carbocycles. The maximum atomic E-state index is 11.4. The first kappa shape index (κ1) is 13.5. The molecule has 6 nitrogen and oxygen atoms in total. The lowest BCUT2D eigenvalue weighted by molar-refractivity contribution is 0.122. The van der Waals surface area contributed by atoms with Crippen LogP contribution in [0.25, 0.3) is 11.1 Å². The van der Waals surface area contributed by atoms with Gasteiger partial charge in [0.25, 0.3) is 0 Å². The molecule has 1 saturated heterocycles. The summed E-state index contributed by atoms with van der Waals surface area (Å²) < 4.78 is 5.29. The van der Waals surface area contributed by atoms with Gasteiger partial charge in [-0.15, -0.1) is 0 Å². The molecule has 1 aliphatic rings. The molecule has 0 aliphatic carbocycles. The first-order valence-electron chi connectivity index (χ1n) is 6.72. The van der Waals surface area contributed by atoms with Gasteiger partial charge in [-0.05, 0) is 17.7 Å². The first-order chi connectivity index (χ1) is 10.2. The maximum Gasteiger partial charge on any atom is 0.225 e. The van der Waals surface area contributed by atoms with E-state index in [1.807, 2.05) is 0 Å². The normalized spacial score (nSPS) is 15.0. The molecule has 0 amide bonds. The lowest BCUT2D eigenvalue weighted by atomic mass is 10.1. The van der Waals surface area contributed by atoms with E-state index >= 15 is 0 Å². The summed E-state index contributed by atoms with van der Waals surface area (Å²) in [4.78, 5) is 22.1. The average molecular weight is 285 g/mol. The van der Waals surface area contributed by atoms with Crippen LogP contribution >= 0.6 is 0 Å². The second kappa shape index (κ2) is 5.88. The molecular weight excluding hydrogens is 270 g/mol. The van der Waals surface area contributed by atoms with Crippen molar-refractivity contribution >= 4 is 5.95 Å². The Bertz CT molecular complexity index is 682. The second-order valence-electron chi connectivity index (χ2n) is 4.75. The Kier molecular flexibility index (Phi) is 3.79. The molecule has 3 rings (SSSR count). The van der Waals surface area contributed by atoms with E-state index in [1.165, 1.54) is 12.1 Å². The Morgan fingerprint density at radius 3 is 2.52 bits per heavy atom. The predicted octanol–water partition coefficient (Wildman–Crippen LogP) is 1.05. The summed E-state index contributed by atoms with van der Waals surface area (Å²) in [6, 6.07) is 6.10. The highest BCUT2D eigenvalue weighted by atomic mass is 16.5. The number of anilines is 1. The van der Waals surface area contributed by atoms with Gasteiger partial charge in [-0.25, -0.2) is 9.97 Å². The highest BCUT2D eigenvalue weighted by molar-refractivity contribution is 5.63. The lowest BCUT2D eigenvalue weighted by Gasteiger charge is -2.26. The molecular formula is C15H15N3O3. The van der Waals surface area contributed by atoms with Crippen molar-refractivity contribution in [1.82, 2.24) is 9.97 Å². The van der Waals surface area contributed by atoms with Gasteiger partial charge < -0.3 is 14.7 Å². The number of nitrogens with zero attached hydrogens (tertiary/aromatic N) is 3. The number of aromatic nitrogens is 2. The smallest absolute Gasteiger partial charge is 0.225 e. The highest BCUT2D eigenvalue weighted by Gasteiger charge is 2.13. The molecule has 6 heteroatoms. The number of hydrogen-bond donors (Lipinski definition) is 1. The molecule has 0 bridgehead atoms. The van der Waals surface area contributed by atoms with Crippen LogP contribution in [0.4, 0.5) is 5.95 Å². The molecule has 2 aromatic rings. The standard InChI is InChI=1S/C15H15N3O3/c19-13-3-1-2-11(8-14(13)20)12-9-16-15(17-10-12)18-4-6-21-7-5-18/h1-3,8-10H,4-7H2,(H,19,20). The van der Waals surface area contributed by atoms with E-state index in [2.05, 4.69) is 14.9 Å². The molecule has 1 aromatic heterocycles. The molecule has 0 atom stereocenters. The third kappa shape index (κ3) is 3.00. The third-order valence-corrected chi connectivity index (χ3v) is 3.33. The van der Waals surface area contributed by atoms with Crippen LogP contribution in [-0.4, -0.2) is 41.4 Å². The second-order valence-corrected chi connectivity index (χ2v) is 4.75. The number of ether oxygens (including phenoxy) is 1. The van der Waals surface area contributed by atoms with E-state index in [1.54, 1.807) is 24.5 Å². The summed E-state index contributed by atoms with van der Waals surface area (Å²) in [6.07, 6.45) is 3.38. The minimum absolute atomic E-state index is 0.285. The summed E-state index contributed by atoms with van der Waals surface area (Å²) in [7, 11) is 0. The van der Waals surface area contributed by atoms with Crippen molar-refractivity contribution in [2.24, 2.45) is 0 Å². The van der Waals surface area contributed by atoms with E-state index in [0.717, 1.165) is 18.7 Å². The van der Waals surface area contributed by atoms with Crippen molar-refractivity contribution in [3.8, 4) is 16.9 Å². The van der Waals surface area contributed by atoms with Crippen molar-refractivity contribution in [3.05, 3.63) is 46.9 Å². The molecule has 1 N–H and O–H groups in total. The average Bonchev–Trinajstić information content (AvgIpc) is 2.70. The van der Waals surface area contributed by atoms with Crippen LogP contribution in [0.15, 0.2) is 41.5 Å². The van der Waals surface area contributed by atoms with Crippen molar-refractivity contribution in [2.45, 2.75) is 0 Å². The number of aromatic hydroxyl groups is 1. The van der Waals surface area contributed by atoms with Crippen LogP contribution in [0.5, 0.6) is 5.75 Å². The predicted molar refractivity (Wildman–Crippen MR) is 78.4 cm³/mol. The van der Waals surface area contributed by atoms with E-state index in [0.29, 0.717) is 24.7 Å². The fourth-order valence-corrected chi connectivity index (χ4v) is 2.17. The summed E-state index contributed by atoms with van der Waals surface area (Å²) in [5.41, 5.74) is 1.04. The number of rotatable bonds is 2. The Balaban J connectivity index is 1.89. The van der Waals surface area contributed by atoms with Crippen LogP contribution in [0.3, 0.4) is 0 Å². The molecule has 0 unspecified atom stereocenters. The van der Waals surface area contributed by atoms with Gasteiger partial charge in [0.1, 0.15) is 0 Å². The van der Waals surface area contributed by atoms with E-state index < -0.39 is 5.43 Å². The Morgan fingerprint density at radius 1 is 1.10 bits per heavy atom. The SMILES string of the molecule is O=c1cccc(-c2cnc(N3CCOCC3)nc2)cc1O. The summed E-state index contributed by atoms with van der Waals surface area (Å²) in [5, 5.41) is 9.60. The Labute approximate surface area is 121 Å². The van der Waals surface area contributed by atoms with Gasteiger partial charge in [0, 0.05) is 31.0 Å². The van der Waals surface area contributed by atoms with E-state index in [9.17, 15) is 9.90 Å². The molecule has 0 saturated carbocycles. The van der Waals surface area contributed by atoms with Crippen LogP contribution in [-0.2, 0) is 4.74 Å². The minimum atomic E-state index is -0.410. The molecule has 2 heterocycles. The lowest BCUT2D eigenvalue weighted by Crippen LogP contribution is -2.37. The summed E-state index contributed by atoms with van der Waals surface area (Å²) >= 11 is 0. The Morgan fingerprint density at radius 2 is 1.81 bits per heavy atom. The van der Waals surface area contributed by atoms with Gasteiger partial charge in [-0.1, -0.05) is 12.1 Å². The van der Waals surface area contributed by atoms with Crippen molar-refractivity contribution in [3.63, 3.8) is 0 Å². The molecule has 21 heavy (non-hydrogen) atoms. The summed E-state index contributed by atoms with van der Waals surface area (Å²) in [5.74, 6) is 0.378. The van der Waals surface area contributed by atoms with Gasteiger partial charge in [0.2, 0.25) is 11.4 Å². The zero-order valence-corrected chi connectivity index (χ0v) is 11.4. The van der Waals surface area contributed by atoms with Crippen LogP contribution < -0.4 is 10.3 Å². The van der Waals surface area contributed by atoms with Crippen molar-refractivity contribution in [1.29, 1.82) is 0 Å². The maximum absolute atomic E-state index is 11.4. The summed E-state index contributed by atoms with van der Waals surface area (Å²) in [6.45, 7) is 2.92. The number of hydrogen-bond acceptors (Lipinski definition) is 6. The zero-order chi connectivity index (χ0) is 14.7. The van der Waals surface area contributed by atoms with E-state index in [4.69, 9.17) is 4.74 Å². The molecule has 0 spiro atoms. The molecule has 1 aliphatic heterocycles. The Hall–Kier alpha value is -2.47. The van der Waals surface area contributed by atoms with Gasteiger partial charge in [-0.3, -0.25) is 4.79 Å². The van der Waals surface area contributed by atoms with Crippen molar-refractivity contribution in [2.75, 3.05) is 31.2 Å². The van der Waals surface area contributed by atoms with Gasteiger partial charge in [-0.2, -0.15) is 0 Å². The van der Waals surface area contributed by atoms with Crippen LogP contribution in [0.1, 0.15) is 0 Å². The highest BCUT2D eigenvalue weighted by Crippen LogP contribution is 2.20. The van der Waals surface area contributed by atoms with E-state index in [-0.39, 0.29) is 5.75 Å². The minimum Gasteiger partial charge on any atom is -0.504 e. The fourth-order valence-electron chi connectivity index (χ4n) is 2.17. The number of morpholine rings is 1. The molecule has 1 fully saturated rings. The topological polar surface area (TPSA) is 75.6 Å². The van der Waals surface area contributed by atoms with Crippen molar-refractivity contribution < 1.29 is 9.84 Å². The monoisotopic (exact) mass is 285 g/mol. The van der Waals surface area contributed by atoms with Gasteiger partial charge in [0.15, 0.2) is 5.75 Å². The van der Waals surface area contributed by atoms with Gasteiger partial charge >= 0.3 is 0 Å². The van der Waals surface area contributed by atoms with Crippen LogP contribution in [0.2, 0.25) is 0 Å². The quantitative estimate of drug-likeness (QED) is 0.888. The third-order valence-electron chi connectivity index (χ3n) is 3.33. The first-order valence-corrected chi connectivity index (χ1v) is 6.72. The van der Waals surface area contributed by atoms with Gasteiger partial charge in [0.05, 0.1) is 13.2 Å². The molecule has 108 valence electrons. The van der Waals surface area contributed by atoms with Crippen LogP contribution in [0, 0.1) is 0 Å².